The lowest BCUT2D eigenvalue weighted by Gasteiger charge is -2.29. The zero-order valence-electron chi connectivity index (χ0n) is 17.7. The van der Waals surface area contributed by atoms with E-state index in [2.05, 4.69) is 6.58 Å². The fraction of sp³-hybridized carbons (Fsp3) is 0.591. The third-order valence-electron chi connectivity index (χ3n) is 6.01. The van der Waals surface area contributed by atoms with Crippen LogP contribution >= 0.6 is 0 Å². The fourth-order valence-electron chi connectivity index (χ4n) is 4.16. The van der Waals surface area contributed by atoms with Gasteiger partial charge in [0.2, 0.25) is 0 Å². The smallest absolute Gasteiger partial charge is 0.336 e. The number of epoxide rings is 1. The summed E-state index contributed by atoms with van der Waals surface area (Å²) in [7, 11) is 0. The predicted octanol–water partition coefficient (Wildman–Crippen LogP) is 1.76. The van der Waals surface area contributed by atoms with Crippen LogP contribution in [0.25, 0.3) is 0 Å². The second-order valence-corrected chi connectivity index (χ2v) is 8.20. The first-order valence-electron chi connectivity index (χ1n) is 9.99. The average Bonchev–Trinajstić information content (AvgIpc) is 3.19. The molecule has 2 fully saturated rings. The standard InChI is InChI=1S/C22H28O8/c1-6-14(10-23)21(26)29-17-9-22(5)18(30-22)8-15(27-13(4)24)11(2)7-16-19(17)12(3)20(25)28-16/h6-7,15-19,23H,3,8-10H2,1-2,4-5H3/b11-7-,14-6+/t15-,16-,17+,18+,19+,22-/m0/s1. The summed E-state index contributed by atoms with van der Waals surface area (Å²) in [5.74, 6) is -2.25. The summed E-state index contributed by atoms with van der Waals surface area (Å²) in [4.78, 5) is 36.4. The highest BCUT2D eigenvalue weighted by molar-refractivity contribution is 5.92. The number of ether oxygens (including phenoxy) is 4. The van der Waals surface area contributed by atoms with E-state index in [1.54, 1.807) is 19.9 Å². The Balaban J connectivity index is 1.98. The van der Waals surface area contributed by atoms with Crippen LogP contribution < -0.4 is 0 Å². The van der Waals surface area contributed by atoms with E-state index >= 15 is 0 Å². The third-order valence-corrected chi connectivity index (χ3v) is 6.01. The van der Waals surface area contributed by atoms with Crippen LogP contribution in [0, 0.1) is 5.92 Å². The molecule has 2 heterocycles. The maximum Gasteiger partial charge on any atom is 0.336 e. The Morgan fingerprint density at radius 2 is 2.10 bits per heavy atom. The van der Waals surface area contributed by atoms with Gasteiger partial charge in [-0.3, -0.25) is 4.79 Å². The number of aliphatic hydroxyl groups excluding tert-OH is 1. The zero-order chi connectivity index (χ0) is 22.2. The van der Waals surface area contributed by atoms with E-state index in [0.29, 0.717) is 12.8 Å². The minimum Gasteiger partial charge on any atom is -0.458 e. The molecule has 0 aromatic heterocycles. The quantitative estimate of drug-likeness (QED) is 0.241. The van der Waals surface area contributed by atoms with Crippen molar-refractivity contribution in [2.24, 2.45) is 5.92 Å². The Kier molecular flexibility index (Phi) is 6.19. The first kappa shape index (κ1) is 22.2. The Morgan fingerprint density at radius 1 is 1.40 bits per heavy atom. The minimum atomic E-state index is -0.743. The van der Waals surface area contributed by atoms with Gasteiger partial charge in [0.15, 0.2) is 0 Å². The molecule has 0 spiro atoms. The van der Waals surface area contributed by atoms with Crippen LogP contribution in [0.2, 0.25) is 0 Å². The lowest BCUT2D eigenvalue weighted by atomic mass is 9.82. The van der Waals surface area contributed by atoms with E-state index in [1.165, 1.54) is 13.0 Å². The maximum absolute atomic E-state index is 12.5. The Morgan fingerprint density at radius 3 is 2.70 bits per heavy atom. The number of esters is 3. The monoisotopic (exact) mass is 420 g/mol. The van der Waals surface area contributed by atoms with Crippen LogP contribution in [-0.4, -0.2) is 59.6 Å². The molecule has 0 unspecified atom stereocenters. The van der Waals surface area contributed by atoms with Gasteiger partial charge >= 0.3 is 17.9 Å². The molecule has 0 saturated carbocycles. The van der Waals surface area contributed by atoms with Crippen molar-refractivity contribution in [1.82, 2.24) is 0 Å². The molecule has 1 aliphatic carbocycles. The van der Waals surface area contributed by atoms with E-state index in [9.17, 15) is 19.5 Å². The van der Waals surface area contributed by atoms with Gasteiger partial charge < -0.3 is 24.1 Å². The van der Waals surface area contributed by atoms with Crippen LogP contribution in [0.5, 0.6) is 0 Å². The highest BCUT2D eigenvalue weighted by Gasteiger charge is 2.58. The molecule has 1 N–H and O–H groups in total. The van der Waals surface area contributed by atoms with Crippen LogP contribution in [-0.2, 0) is 33.3 Å². The van der Waals surface area contributed by atoms with Gasteiger partial charge in [-0.1, -0.05) is 12.7 Å². The van der Waals surface area contributed by atoms with Crippen molar-refractivity contribution < 1.29 is 38.4 Å². The third kappa shape index (κ3) is 4.34. The second kappa shape index (κ2) is 8.35. The van der Waals surface area contributed by atoms with Crippen molar-refractivity contribution in [2.45, 2.75) is 70.6 Å². The van der Waals surface area contributed by atoms with E-state index in [0.717, 1.165) is 5.57 Å². The van der Waals surface area contributed by atoms with E-state index in [-0.39, 0.29) is 17.3 Å². The minimum absolute atomic E-state index is 0.125. The average molecular weight is 420 g/mol. The summed E-state index contributed by atoms with van der Waals surface area (Å²) in [5.41, 5.74) is 0.432. The Bertz CT molecular complexity index is 825. The van der Waals surface area contributed by atoms with Crippen molar-refractivity contribution in [1.29, 1.82) is 0 Å². The van der Waals surface area contributed by atoms with E-state index in [1.807, 2.05) is 6.92 Å². The summed E-state index contributed by atoms with van der Waals surface area (Å²) in [6.45, 7) is 10.1. The van der Waals surface area contributed by atoms with Crippen molar-refractivity contribution >= 4 is 17.9 Å². The van der Waals surface area contributed by atoms with Crippen LogP contribution in [0.3, 0.4) is 0 Å². The van der Waals surface area contributed by atoms with Gasteiger partial charge in [-0.25, -0.2) is 9.59 Å². The molecule has 2 aliphatic heterocycles. The molecule has 3 rings (SSSR count). The van der Waals surface area contributed by atoms with Crippen LogP contribution in [0.15, 0.2) is 35.5 Å². The maximum atomic E-state index is 12.5. The molecule has 2 saturated heterocycles. The highest BCUT2D eigenvalue weighted by atomic mass is 16.6. The van der Waals surface area contributed by atoms with Crippen molar-refractivity contribution in [3.8, 4) is 0 Å². The SMILES string of the molecule is C=C1C(=O)O[C@H]2/C=C(/C)[C@@H](OC(C)=O)C[C@H]3O[C@@]3(C)C[C@@H](OC(=O)/C(=C/C)CO)[C@H]12. The molecule has 8 nitrogen and oxygen atoms in total. The van der Waals surface area contributed by atoms with Crippen LogP contribution in [0.1, 0.15) is 40.5 Å². The van der Waals surface area contributed by atoms with Gasteiger partial charge in [0.1, 0.15) is 18.3 Å². The van der Waals surface area contributed by atoms with Crippen molar-refractivity contribution in [3.63, 3.8) is 0 Å². The summed E-state index contributed by atoms with van der Waals surface area (Å²) in [6, 6.07) is 0. The number of carbonyl (C=O) groups is 3. The Labute approximate surface area is 175 Å². The number of allylic oxidation sites excluding steroid dienone is 1. The van der Waals surface area contributed by atoms with Gasteiger partial charge in [-0.15, -0.1) is 0 Å². The van der Waals surface area contributed by atoms with Crippen LogP contribution in [0.4, 0.5) is 0 Å². The van der Waals surface area contributed by atoms with E-state index in [4.69, 9.17) is 18.9 Å². The van der Waals surface area contributed by atoms with Crippen molar-refractivity contribution in [3.05, 3.63) is 35.5 Å². The molecule has 0 aromatic rings. The number of hydrogen-bond donors (Lipinski definition) is 1. The number of hydrogen-bond acceptors (Lipinski definition) is 8. The Hall–Kier alpha value is -2.45. The molecule has 0 radical (unpaired) electrons. The molecule has 6 atom stereocenters. The summed E-state index contributed by atoms with van der Waals surface area (Å²) >= 11 is 0. The first-order valence-corrected chi connectivity index (χ1v) is 9.99. The number of aliphatic hydroxyl groups is 1. The van der Waals surface area contributed by atoms with Gasteiger partial charge in [-0.2, -0.15) is 0 Å². The topological polar surface area (TPSA) is 112 Å². The highest BCUT2D eigenvalue weighted by Crippen LogP contribution is 2.48. The lowest BCUT2D eigenvalue weighted by Crippen LogP contribution is -2.38. The molecule has 8 heteroatoms. The van der Waals surface area contributed by atoms with Gasteiger partial charge in [0.25, 0.3) is 0 Å². The van der Waals surface area contributed by atoms with Gasteiger partial charge in [0, 0.05) is 25.3 Å². The molecular weight excluding hydrogens is 392 g/mol. The number of carbonyl (C=O) groups excluding carboxylic acids is 3. The first-order chi connectivity index (χ1) is 14.1. The van der Waals surface area contributed by atoms with Gasteiger partial charge in [-0.05, 0) is 32.4 Å². The molecule has 0 amide bonds. The largest absolute Gasteiger partial charge is 0.458 e. The number of rotatable bonds is 4. The lowest BCUT2D eigenvalue weighted by molar-refractivity contribution is -0.149. The normalized spacial score (nSPS) is 37.8. The van der Waals surface area contributed by atoms with E-state index < -0.39 is 54.3 Å². The second-order valence-electron chi connectivity index (χ2n) is 8.20. The zero-order valence-corrected chi connectivity index (χ0v) is 17.7. The molecular formula is C22H28O8. The van der Waals surface area contributed by atoms with Crippen molar-refractivity contribution in [2.75, 3.05) is 6.61 Å². The molecule has 0 bridgehead atoms. The fourth-order valence-corrected chi connectivity index (χ4v) is 4.16. The predicted molar refractivity (Wildman–Crippen MR) is 105 cm³/mol. The summed E-state index contributed by atoms with van der Waals surface area (Å²) in [5, 5.41) is 9.40. The molecule has 0 aromatic carbocycles. The molecule has 164 valence electrons. The summed E-state index contributed by atoms with van der Waals surface area (Å²) in [6.07, 6.45) is 1.79. The molecule has 30 heavy (non-hydrogen) atoms. The summed E-state index contributed by atoms with van der Waals surface area (Å²) < 4.78 is 22.6. The number of fused-ring (bicyclic) bond motifs is 2. The molecule has 3 aliphatic rings. The van der Waals surface area contributed by atoms with Gasteiger partial charge in [0.05, 0.1) is 29.8 Å².